The number of nitrogens with zero attached hydrogens (tertiary/aromatic N) is 1. The van der Waals surface area contributed by atoms with Crippen LogP contribution < -0.4 is 5.32 Å². The first-order valence-corrected chi connectivity index (χ1v) is 20.9. The Hall–Kier alpha value is -4.48. The summed E-state index contributed by atoms with van der Waals surface area (Å²) >= 11 is 0. The molecule has 0 saturated carbocycles. The largest absolute Gasteiger partial charge is 0.462 e. The van der Waals surface area contributed by atoms with Crippen LogP contribution in [-0.4, -0.2) is 85.1 Å². The first kappa shape index (κ1) is 41.7. The molecule has 55 heavy (non-hydrogen) atoms. The second-order valence-corrected chi connectivity index (χ2v) is 17.1. The van der Waals surface area contributed by atoms with Crippen molar-refractivity contribution in [3.63, 3.8) is 0 Å². The molecule has 0 aliphatic carbocycles. The normalized spacial score (nSPS) is 17.3. The lowest BCUT2D eigenvalue weighted by Gasteiger charge is -2.18. The molecule has 0 bridgehead atoms. The zero-order valence-electron chi connectivity index (χ0n) is 30.7. The van der Waals surface area contributed by atoms with Crippen molar-refractivity contribution < 1.29 is 49.7 Å². The van der Waals surface area contributed by atoms with E-state index in [4.69, 9.17) is 9.47 Å². The number of carbonyl (C=O) groups excluding carboxylic acids is 2. The molecule has 2 aliphatic rings. The van der Waals surface area contributed by atoms with Gasteiger partial charge < -0.3 is 24.6 Å². The molecule has 2 atom stereocenters. The maximum atomic E-state index is 13.5. The lowest BCUT2D eigenvalue weighted by molar-refractivity contribution is 0.0514. The van der Waals surface area contributed by atoms with Crippen LogP contribution in [0.2, 0.25) is 6.82 Å². The van der Waals surface area contributed by atoms with Crippen LogP contribution in [0.3, 0.4) is 0 Å². The summed E-state index contributed by atoms with van der Waals surface area (Å²) in [5.41, 5.74) is 1.89. The van der Waals surface area contributed by atoms with E-state index in [2.05, 4.69) is 5.32 Å². The minimum Gasteiger partial charge on any atom is -0.462 e. The van der Waals surface area contributed by atoms with Gasteiger partial charge in [-0.3, -0.25) is 0 Å². The van der Waals surface area contributed by atoms with E-state index >= 15 is 0 Å². The van der Waals surface area contributed by atoms with Gasteiger partial charge in [-0.1, -0.05) is 24.3 Å². The van der Waals surface area contributed by atoms with Gasteiger partial charge in [0.25, 0.3) is 0 Å². The van der Waals surface area contributed by atoms with Crippen molar-refractivity contribution in [3.05, 3.63) is 119 Å². The lowest BCUT2D eigenvalue weighted by atomic mass is 9.85. The Morgan fingerprint density at radius 1 is 0.745 bits per heavy atom. The number of esters is 2. The Kier molecular flexibility index (Phi) is 13.6. The van der Waals surface area contributed by atoms with Crippen molar-refractivity contribution in [1.29, 1.82) is 0 Å². The highest BCUT2D eigenvalue weighted by Crippen LogP contribution is 2.34. The average molecular weight is 797 g/mol. The van der Waals surface area contributed by atoms with Crippen LogP contribution in [0, 0.1) is 11.6 Å². The van der Waals surface area contributed by atoms with Gasteiger partial charge in [-0.2, -0.15) is 0 Å². The van der Waals surface area contributed by atoms with Crippen LogP contribution in [0.15, 0.2) is 105 Å². The number of benzene rings is 4. The van der Waals surface area contributed by atoms with Gasteiger partial charge in [0.2, 0.25) is 19.7 Å². The number of sulfone groups is 2. The monoisotopic (exact) mass is 796 g/mol. The van der Waals surface area contributed by atoms with Crippen molar-refractivity contribution in [3.8, 4) is 0 Å². The van der Waals surface area contributed by atoms with Gasteiger partial charge in [0, 0.05) is 6.54 Å². The fraction of sp³-hybridized carbons (Fsp3) is 0.333. The van der Waals surface area contributed by atoms with E-state index in [0.29, 0.717) is 18.7 Å². The minimum absolute atomic E-state index is 0.0325. The zero-order valence-corrected chi connectivity index (χ0v) is 32.3. The Morgan fingerprint density at radius 3 is 1.62 bits per heavy atom. The first-order valence-electron chi connectivity index (χ1n) is 17.9. The number of rotatable bonds is 11. The summed E-state index contributed by atoms with van der Waals surface area (Å²) in [6.45, 7) is 8.21. The zero-order chi connectivity index (χ0) is 39.9. The summed E-state index contributed by atoms with van der Waals surface area (Å²) < 4.78 is 88.7. The summed E-state index contributed by atoms with van der Waals surface area (Å²) in [5.74, 6) is -2.35. The molecule has 292 valence electrons. The molecule has 0 amide bonds. The predicted molar refractivity (Wildman–Crippen MR) is 201 cm³/mol. The van der Waals surface area contributed by atoms with Gasteiger partial charge in [-0.05, 0) is 137 Å². The molecule has 2 fully saturated rings. The molecule has 11 nitrogen and oxygen atoms in total. The summed E-state index contributed by atoms with van der Waals surface area (Å²) in [4.78, 5) is 26.4. The van der Waals surface area contributed by atoms with Gasteiger partial charge in [-0.25, -0.2) is 35.2 Å². The van der Waals surface area contributed by atoms with E-state index in [1.54, 1.807) is 32.8 Å². The quantitative estimate of drug-likeness (QED) is 0.143. The smallest absolute Gasteiger partial charge is 0.376 e. The number of halogens is 2. The van der Waals surface area contributed by atoms with Crippen molar-refractivity contribution in [2.45, 2.75) is 64.9 Å². The van der Waals surface area contributed by atoms with Gasteiger partial charge in [0.15, 0.2) is 0 Å². The number of ether oxygens (including phenoxy) is 2. The van der Waals surface area contributed by atoms with Crippen LogP contribution >= 0.6 is 0 Å². The molecule has 0 radical (unpaired) electrons. The van der Waals surface area contributed by atoms with Crippen LogP contribution in [0.25, 0.3) is 0 Å². The lowest BCUT2D eigenvalue weighted by Crippen LogP contribution is -2.34. The first-order chi connectivity index (χ1) is 26.2. The maximum absolute atomic E-state index is 13.5. The van der Waals surface area contributed by atoms with Crippen molar-refractivity contribution in [2.75, 3.05) is 39.4 Å². The topological polar surface area (TPSA) is 156 Å². The van der Waals surface area contributed by atoms with Crippen molar-refractivity contribution in [1.82, 2.24) is 10.1 Å². The highest BCUT2D eigenvalue weighted by molar-refractivity contribution is 7.91. The van der Waals surface area contributed by atoms with Gasteiger partial charge >= 0.3 is 19.0 Å². The molecule has 2 saturated heterocycles. The molecule has 4 aromatic rings. The van der Waals surface area contributed by atoms with Crippen molar-refractivity contribution in [2.24, 2.45) is 0 Å². The number of carbonyl (C=O) groups is 2. The van der Waals surface area contributed by atoms with E-state index < -0.39 is 50.3 Å². The summed E-state index contributed by atoms with van der Waals surface area (Å²) in [6, 6.07) is 18.4. The highest BCUT2D eigenvalue weighted by atomic mass is 32.2. The number of hydrogen-bond acceptors (Lipinski definition) is 11. The van der Waals surface area contributed by atoms with Crippen LogP contribution in [0.1, 0.15) is 70.4 Å². The molecule has 2 N–H and O–H groups in total. The van der Waals surface area contributed by atoms with Gasteiger partial charge in [0.05, 0.1) is 43.9 Å². The molecule has 6 rings (SSSR count). The third kappa shape index (κ3) is 9.67. The predicted octanol–water partition coefficient (Wildman–Crippen LogP) is 5.65. The summed E-state index contributed by atoms with van der Waals surface area (Å²) in [6.07, 6.45) is 1.59. The van der Waals surface area contributed by atoms with Gasteiger partial charge in [0.1, 0.15) is 11.6 Å². The van der Waals surface area contributed by atoms with Crippen LogP contribution in [-0.2, 0) is 29.1 Å². The fourth-order valence-electron chi connectivity index (χ4n) is 6.73. The molecule has 4 aromatic carbocycles. The Morgan fingerprint density at radius 2 is 1.22 bits per heavy atom. The van der Waals surface area contributed by atoms with Gasteiger partial charge in [-0.15, -0.1) is 0 Å². The maximum Gasteiger partial charge on any atom is 0.376 e. The second-order valence-electron chi connectivity index (χ2n) is 13.2. The molecular formula is C39H43BF2N2O9S2. The van der Waals surface area contributed by atoms with Crippen LogP contribution in [0.5, 0.6) is 0 Å². The fourth-order valence-corrected chi connectivity index (χ4v) is 9.37. The van der Waals surface area contributed by atoms with Crippen molar-refractivity contribution >= 4 is 38.7 Å². The minimum atomic E-state index is -4.00. The third-order valence-electron chi connectivity index (χ3n) is 9.56. The molecule has 16 heteroatoms. The van der Waals surface area contributed by atoms with Crippen LogP contribution in [0.4, 0.5) is 8.78 Å². The standard InChI is InChI=1S/C20H23BFNO5S.C19H20FNO4S/c1-3-28-20(24)19-12-17(29(26,27)16-6-4-5-15(22)11-16)7-8-18(19)14-9-10-23(13-14)21(2)25;1-2-25-19(22)18-11-16(6-7-17(18)13-8-9-21-12-13)26(23,24)15-5-3-4-14(20)10-15/h4-8,11-12,14,25H,3,9-10,13H2,1-2H3;3-7,10-11,13,21H,2,8-9,12H2,1H3. The number of hydrogen-bond donors (Lipinski definition) is 2. The van der Waals surface area contributed by atoms with E-state index in [1.807, 2.05) is 4.81 Å². The number of nitrogens with one attached hydrogen (secondary N) is 1. The third-order valence-corrected chi connectivity index (χ3v) is 13.1. The average Bonchev–Trinajstić information content (AvgIpc) is 3.89. The molecule has 2 aliphatic heterocycles. The highest BCUT2D eigenvalue weighted by Gasteiger charge is 2.32. The van der Waals surface area contributed by atoms with E-state index in [9.17, 15) is 40.2 Å². The van der Waals surface area contributed by atoms with E-state index in [-0.39, 0.29) is 55.8 Å². The Balaban J connectivity index is 0.000000212. The SMILES string of the molecule is CCOC(=O)c1cc(S(=O)(=O)c2cccc(F)c2)ccc1C1CCN(B(C)O)C1.CCOC(=O)c1cc(S(=O)(=O)c2cccc(F)c2)ccc1C1CCNC1. The molecule has 0 spiro atoms. The molecule has 2 heterocycles. The molecule has 0 aromatic heterocycles. The summed E-state index contributed by atoms with van der Waals surface area (Å²) in [5, 5.41) is 13.0. The van der Waals surface area contributed by atoms with E-state index in [0.717, 1.165) is 43.6 Å². The molecule has 2 unspecified atom stereocenters. The summed E-state index contributed by atoms with van der Waals surface area (Å²) in [7, 11) is -8.53. The Bertz CT molecular complexity index is 2250. The second kappa shape index (κ2) is 18.0. The van der Waals surface area contributed by atoms with E-state index in [1.165, 1.54) is 60.7 Å². The Labute approximate surface area is 320 Å². The molecular weight excluding hydrogens is 753 g/mol.